The van der Waals surface area contributed by atoms with Crippen LogP contribution in [0.2, 0.25) is 0 Å². The van der Waals surface area contributed by atoms with Crippen molar-refractivity contribution in [3.63, 3.8) is 0 Å². The number of ketones is 1. The number of carbonyl (C=O) groups is 1. The SMILES string of the molecule is CC(C)[NH2+][C@H]1C(=O)c2ccccc2O[C@@H]1c1ccccc1. The number of nitrogens with two attached hydrogens (primary N) is 1. The fourth-order valence-corrected chi connectivity index (χ4v) is 2.82. The summed E-state index contributed by atoms with van der Waals surface area (Å²) in [6.45, 7) is 4.19. The molecular formula is C18H20NO2+. The first-order valence-electron chi connectivity index (χ1n) is 7.36. The maximum absolute atomic E-state index is 12.8. The molecule has 0 aliphatic carbocycles. The first-order valence-corrected chi connectivity index (χ1v) is 7.36. The standard InChI is InChI=1S/C18H19NO2/c1-12(2)19-16-17(20)14-10-6-7-11-15(14)21-18(16)13-8-4-3-5-9-13/h3-12,16,18-19H,1-2H3/p+1/t16-,18+/m0/s1. The molecule has 0 unspecified atom stereocenters. The van der Waals surface area contributed by atoms with Crippen molar-refractivity contribution < 1.29 is 14.8 Å². The third-order valence-electron chi connectivity index (χ3n) is 3.76. The number of carbonyl (C=O) groups excluding carboxylic acids is 1. The Morgan fingerprint density at radius 2 is 1.67 bits per heavy atom. The molecule has 1 aliphatic heterocycles. The van der Waals surface area contributed by atoms with Gasteiger partial charge in [0.1, 0.15) is 5.75 Å². The molecule has 21 heavy (non-hydrogen) atoms. The van der Waals surface area contributed by atoms with Crippen molar-refractivity contribution in [3.8, 4) is 5.75 Å². The van der Waals surface area contributed by atoms with E-state index in [0.717, 1.165) is 5.56 Å². The van der Waals surface area contributed by atoms with E-state index in [-0.39, 0.29) is 17.9 Å². The Morgan fingerprint density at radius 3 is 2.38 bits per heavy atom. The largest absolute Gasteiger partial charge is 0.478 e. The van der Waals surface area contributed by atoms with Crippen LogP contribution in [0.5, 0.6) is 5.75 Å². The van der Waals surface area contributed by atoms with Gasteiger partial charge in [-0.05, 0) is 31.5 Å². The van der Waals surface area contributed by atoms with E-state index < -0.39 is 0 Å². The molecule has 0 saturated heterocycles. The van der Waals surface area contributed by atoms with Gasteiger partial charge in [-0.3, -0.25) is 4.79 Å². The predicted octanol–water partition coefficient (Wildman–Crippen LogP) is 2.34. The highest BCUT2D eigenvalue weighted by Gasteiger charge is 2.41. The Bertz CT molecular complexity index is 637. The van der Waals surface area contributed by atoms with Crippen LogP contribution in [0.25, 0.3) is 0 Å². The zero-order valence-corrected chi connectivity index (χ0v) is 12.3. The predicted molar refractivity (Wildman–Crippen MR) is 81.4 cm³/mol. The van der Waals surface area contributed by atoms with Crippen LogP contribution in [0.1, 0.15) is 35.9 Å². The maximum Gasteiger partial charge on any atom is 0.227 e. The third-order valence-corrected chi connectivity index (χ3v) is 3.76. The molecule has 2 aromatic rings. The summed E-state index contributed by atoms with van der Waals surface area (Å²) in [5, 5.41) is 2.09. The Balaban J connectivity index is 2.03. The van der Waals surface area contributed by atoms with Crippen LogP contribution in [-0.4, -0.2) is 17.9 Å². The van der Waals surface area contributed by atoms with Gasteiger partial charge in [0.05, 0.1) is 11.6 Å². The number of hydrogen-bond acceptors (Lipinski definition) is 2. The van der Waals surface area contributed by atoms with Crippen LogP contribution in [0.3, 0.4) is 0 Å². The van der Waals surface area contributed by atoms with Gasteiger partial charge in [-0.1, -0.05) is 42.5 Å². The average molecular weight is 282 g/mol. The summed E-state index contributed by atoms with van der Waals surface area (Å²) in [7, 11) is 0. The summed E-state index contributed by atoms with van der Waals surface area (Å²) < 4.78 is 6.15. The summed E-state index contributed by atoms with van der Waals surface area (Å²) in [5.74, 6) is 0.837. The van der Waals surface area contributed by atoms with Gasteiger partial charge in [-0.15, -0.1) is 0 Å². The van der Waals surface area contributed by atoms with Gasteiger partial charge in [-0.2, -0.15) is 0 Å². The zero-order chi connectivity index (χ0) is 14.8. The number of ether oxygens (including phenoxy) is 1. The minimum atomic E-state index is -0.240. The summed E-state index contributed by atoms with van der Waals surface area (Å²) >= 11 is 0. The number of fused-ring (bicyclic) bond motifs is 1. The van der Waals surface area contributed by atoms with Crippen molar-refractivity contribution in [3.05, 3.63) is 65.7 Å². The summed E-state index contributed by atoms with van der Waals surface area (Å²) in [6, 6.07) is 17.6. The fraction of sp³-hybridized carbons (Fsp3) is 0.278. The highest BCUT2D eigenvalue weighted by molar-refractivity contribution is 6.03. The van der Waals surface area contributed by atoms with Gasteiger partial charge in [0.2, 0.25) is 5.78 Å². The zero-order valence-electron chi connectivity index (χ0n) is 12.3. The molecule has 0 bridgehead atoms. The number of quaternary nitrogens is 1. The molecule has 1 aliphatic rings. The van der Waals surface area contributed by atoms with Gasteiger partial charge < -0.3 is 10.1 Å². The van der Waals surface area contributed by atoms with E-state index in [1.165, 1.54) is 0 Å². The fourth-order valence-electron chi connectivity index (χ4n) is 2.82. The van der Waals surface area contributed by atoms with Crippen LogP contribution in [0.15, 0.2) is 54.6 Å². The van der Waals surface area contributed by atoms with Crippen molar-refractivity contribution >= 4 is 5.78 Å². The van der Waals surface area contributed by atoms with Crippen LogP contribution in [0, 0.1) is 0 Å². The molecule has 0 saturated carbocycles. The molecule has 0 radical (unpaired) electrons. The smallest absolute Gasteiger partial charge is 0.227 e. The van der Waals surface area contributed by atoms with E-state index in [1.807, 2.05) is 54.6 Å². The highest BCUT2D eigenvalue weighted by atomic mass is 16.5. The Kier molecular flexibility index (Phi) is 3.76. The second-order valence-corrected chi connectivity index (χ2v) is 5.77. The number of rotatable bonds is 3. The lowest BCUT2D eigenvalue weighted by atomic mass is 9.91. The topological polar surface area (TPSA) is 42.9 Å². The maximum atomic E-state index is 12.8. The molecule has 1 heterocycles. The molecule has 3 heteroatoms. The van der Waals surface area contributed by atoms with Crippen LogP contribution >= 0.6 is 0 Å². The minimum absolute atomic E-state index is 0.152. The molecule has 0 fully saturated rings. The monoisotopic (exact) mass is 282 g/mol. The first-order chi connectivity index (χ1) is 10.2. The molecule has 0 spiro atoms. The van der Waals surface area contributed by atoms with Gasteiger partial charge in [0.25, 0.3) is 0 Å². The Labute approximate surface area is 124 Å². The molecule has 3 rings (SSSR count). The normalized spacial score (nSPS) is 21.0. The summed E-state index contributed by atoms with van der Waals surface area (Å²) in [6.07, 6.45) is -0.240. The lowest BCUT2D eigenvalue weighted by Crippen LogP contribution is -2.97. The van der Waals surface area contributed by atoms with Gasteiger partial charge in [0.15, 0.2) is 12.1 Å². The number of hydrogen-bond donors (Lipinski definition) is 1. The lowest BCUT2D eigenvalue weighted by molar-refractivity contribution is -0.709. The van der Waals surface area contributed by atoms with Crippen molar-refractivity contribution in [2.45, 2.75) is 32.0 Å². The van der Waals surface area contributed by atoms with E-state index in [0.29, 0.717) is 17.4 Å². The molecule has 2 aromatic carbocycles. The van der Waals surface area contributed by atoms with E-state index in [4.69, 9.17) is 4.74 Å². The van der Waals surface area contributed by atoms with Crippen molar-refractivity contribution in [1.29, 1.82) is 0 Å². The van der Waals surface area contributed by atoms with Crippen molar-refractivity contribution in [1.82, 2.24) is 0 Å². The molecule has 3 nitrogen and oxygen atoms in total. The average Bonchev–Trinajstić information content (AvgIpc) is 2.50. The Hall–Kier alpha value is -2.13. The van der Waals surface area contributed by atoms with Gasteiger partial charge >= 0.3 is 0 Å². The summed E-state index contributed by atoms with van der Waals surface area (Å²) in [5.41, 5.74) is 1.73. The third kappa shape index (κ3) is 2.69. The van der Waals surface area contributed by atoms with Crippen molar-refractivity contribution in [2.75, 3.05) is 0 Å². The van der Waals surface area contributed by atoms with E-state index >= 15 is 0 Å². The molecule has 0 aromatic heterocycles. The van der Waals surface area contributed by atoms with Gasteiger partial charge in [0, 0.05) is 0 Å². The Morgan fingerprint density at radius 1 is 1.00 bits per heavy atom. The van der Waals surface area contributed by atoms with E-state index in [9.17, 15) is 4.79 Å². The molecule has 0 amide bonds. The van der Waals surface area contributed by atoms with Crippen LogP contribution in [-0.2, 0) is 0 Å². The highest BCUT2D eigenvalue weighted by Crippen LogP contribution is 2.33. The quantitative estimate of drug-likeness (QED) is 0.939. The second kappa shape index (κ2) is 5.70. The van der Waals surface area contributed by atoms with Crippen LogP contribution < -0.4 is 10.1 Å². The number of benzene rings is 2. The van der Waals surface area contributed by atoms with E-state index in [2.05, 4.69) is 19.2 Å². The van der Waals surface area contributed by atoms with Crippen molar-refractivity contribution in [2.24, 2.45) is 0 Å². The lowest BCUT2D eigenvalue weighted by Gasteiger charge is -2.32. The molecule has 2 atom stereocenters. The summed E-state index contributed by atoms with van der Waals surface area (Å²) in [4.78, 5) is 12.8. The number of Topliss-reactive ketones (excluding diaryl/α,β-unsaturated/α-hetero) is 1. The molecule has 2 N–H and O–H groups in total. The first kappa shape index (κ1) is 13.8. The molecule has 108 valence electrons. The molecular weight excluding hydrogens is 262 g/mol. The van der Waals surface area contributed by atoms with Crippen LogP contribution in [0.4, 0.5) is 0 Å². The minimum Gasteiger partial charge on any atom is -0.478 e. The van der Waals surface area contributed by atoms with Gasteiger partial charge in [-0.25, -0.2) is 0 Å². The number of para-hydroxylation sites is 1. The van der Waals surface area contributed by atoms with E-state index in [1.54, 1.807) is 0 Å². The second-order valence-electron chi connectivity index (χ2n) is 5.77.